The zero-order valence-corrected chi connectivity index (χ0v) is 12.8. The number of aliphatic carboxylic acids is 1. The van der Waals surface area contributed by atoms with Gasteiger partial charge in [-0.25, -0.2) is 13.4 Å². The van der Waals surface area contributed by atoms with Crippen molar-refractivity contribution in [2.75, 3.05) is 18.1 Å². The normalized spacial score (nSPS) is 22.6. The van der Waals surface area contributed by atoms with Crippen LogP contribution in [0.25, 0.3) is 4.96 Å². The van der Waals surface area contributed by atoms with Crippen molar-refractivity contribution in [1.29, 1.82) is 0 Å². The second-order valence-corrected chi connectivity index (χ2v) is 8.26. The monoisotopic (exact) mass is 329 g/mol. The number of carboxylic acids is 1. The van der Waals surface area contributed by atoms with Gasteiger partial charge in [0.05, 0.1) is 23.6 Å². The van der Waals surface area contributed by atoms with Crippen molar-refractivity contribution >= 4 is 32.1 Å². The van der Waals surface area contributed by atoms with Gasteiger partial charge in [0.2, 0.25) is 0 Å². The minimum Gasteiger partial charge on any atom is -0.481 e. The fourth-order valence-electron chi connectivity index (χ4n) is 2.58. The van der Waals surface area contributed by atoms with Crippen LogP contribution in [-0.2, 0) is 21.2 Å². The molecular formula is C12H15N3O4S2. The van der Waals surface area contributed by atoms with Gasteiger partial charge in [-0.2, -0.15) is 0 Å². The molecule has 0 aromatic carbocycles. The quantitative estimate of drug-likeness (QED) is 0.876. The van der Waals surface area contributed by atoms with Crippen LogP contribution < -0.4 is 0 Å². The Balaban J connectivity index is 1.78. The van der Waals surface area contributed by atoms with E-state index in [1.54, 1.807) is 0 Å². The lowest BCUT2D eigenvalue weighted by molar-refractivity contribution is -0.138. The van der Waals surface area contributed by atoms with Gasteiger partial charge in [-0.05, 0) is 0 Å². The minimum absolute atomic E-state index is 0.0747. The van der Waals surface area contributed by atoms with Crippen molar-refractivity contribution in [3.05, 3.63) is 23.5 Å². The Morgan fingerprint density at radius 2 is 2.33 bits per heavy atom. The van der Waals surface area contributed by atoms with E-state index in [4.69, 9.17) is 5.11 Å². The third kappa shape index (κ3) is 3.25. The predicted octanol–water partition coefficient (Wildman–Crippen LogP) is 0.470. The third-order valence-electron chi connectivity index (χ3n) is 3.57. The van der Waals surface area contributed by atoms with E-state index in [2.05, 4.69) is 4.98 Å². The van der Waals surface area contributed by atoms with E-state index < -0.39 is 21.8 Å². The number of rotatable bonds is 4. The van der Waals surface area contributed by atoms with E-state index in [9.17, 15) is 13.2 Å². The first-order valence-electron chi connectivity index (χ1n) is 6.50. The average molecular weight is 329 g/mol. The highest BCUT2D eigenvalue weighted by Gasteiger charge is 2.32. The summed E-state index contributed by atoms with van der Waals surface area (Å²) in [7, 11) is -3.15. The molecule has 2 aromatic rings. The molecule has 3 rings (SSSR count). The second-order valence-electron chi connectivity index (χ2n) is 5.16. The Labute approximate surface area is 125 Å². The molecule has 1 aliphatic rings. The largest absolute Gasteiger partial charge is 0.481 e. The number of hydrogen-bond acceptors (Lipinski definition) is 6. The molecule has 3 heterocycles. The number of carbonyl (C=O) groups is 1. The summed E-state index contributed by atoms with van der Waals surface area (Å²) in [6, 6.07) is -0.485. The van der Waals surface area contributed by atoms with E-state index in [-0.39, 0.29) is 17.9 Å². The summed E-state index contributed by atoms with van der Waals surface area (Å²) in [5.74, 6) is -1.000. The third-order valence-corrected chi connectivity index (χ3v) is 6.04. The molecular weight excluding hydrogens is 314 g/mol. The summed E-state index contributed by atoms with van der Waals surface area (Å²) >= 11 is 1.52. The van der Waals surface area contributed by atoms with Crippen LogP contribution in [0.5, 0.6) is 0 Å². The molecule has 0 aliphatic carbocycles. The molecule has 7 nitrogen and oxygen atoms in total. The lowest BCUT2D eigenvalue weighted by Gasteiger charge is -2.34. The van der Waals surface area contributed by atoms with Crippen LogP contribution in [0.1, 0.15) is 12.1 Å². The lowest BCUT2D eigenvalue weighted by Crippen LogP contribution is -2.48. The van der Waals surface area contributed by atoms with Crippen molar-refractivity contribution in [2.45, 2.75) is 19.0 Å². The van der Waals surface area contributed by atoms with Crippen molar-refractivity contribution in [3.8, 4) is 0 Å². The lowest BCUT2D eigenvalue weighted by atomic mass is 10.2. The first kappa shape index (κ1) is 14.5. The maximum Gasteiger partial charge on any atom is 0.304 e. The number of imidazole rings is 1. The van der Waals surface area contributed by atoms with E-state index >= 15 is 0 Å². The van der Waals surface area contributed by atoms with Crippen LogP contribution in [0.4, 0.5) is 0 Å². The molecule has 1 N–H and O–H groups in total. The first-order valence-corrected chi connectivity index (χ1v) is 9.20. The van der Waals surface area contributed by atoms with E-state index in [1.165, 1.54) is 11.3 Å². The number of fused-ring (bicyclic) bond motifs is 1. The Kier molecular flexibility index (Phi) is 3.72. The summed E-state index contributed by atoms with van der Waals surface area (Å²) in [4.78, 5) is 18.2. The minimum atomic E-state index is -3.15. The number of nitrogens with zero attached hydrogens (tertiary/aromatic N) is 3. The Morgan fingerprint density at radius 3 is 3.05 bits per heavy atom. The SMILES string of the molecule is O=C(O)CC1CS(=O)(=O)CCN1Cc1cn2ccsc2n1. The highest BCUT2D eigenvalue weighted by molar-refractivity contribution is 7.91. The van der Waals surface area contributed by atoms with Gasteiger partial charge in [-0.1, -0.05) is 0 Å². The molecule has 1 fully saturated rings. The molecule has 114 valence electrons. The Morgan fingerprint density at radius 1 is 1.52 bits per heavy atom. The van der Waals surface area contributed by atoms with Crippen molar-refractivity contribution < 1.29 is 18.3 Å². The van der Waals surface area contributed by atoms with Gasteiger partial charge in [-0.3, -0.25) is 14.1 Å². The maximum absolute atomic E-state index is 11.7. The molecule has 1 saturated heterocycles. The number of aromatic nitrogens is 2. The van der Waals surface area contributed by atoms with Crippen LogP contribution in [-0.4, -0.2) is 57.9 Å². The second kappa shape index (κ2) is 5.39. The van der Waals surface area contributed by atoms with Gasteiger partial charge >= 0.3 is 5.97 Å². The molecule has 21 heavy (non-hydrogen) atoms. The van der Waals surface area contributed by atoms with E-state index in [0.717, 1.165) is 10.7 Å². The molecule has 1 unspecified atom stereocenters. The molecule has 1 aliphatic heterocycles. The fraction of sp³-hybridized carbons (Fsp3) is 0.500. The van der Waals surface area contributed by atoms with Gasteiger partial charge in [0, 0.05) is 36.9 Å². The molecule has 9 heteroatoms. The van der Waals surface area contributed by atoms with Crippen molar-refractivity contribution in [3.63, 3.8) is 0 Å². The summed E-state index contributed by atoms with van der Waals surface area (Å²) < 4.78 is 25.3. The predicted molar refractivity (Wildman–Crippen MR) is 78.2 cm³/mol. The van der Waals surface area contributed by atoms with Gasteiger partial charge < -0.3 is 5.11 Å². The highest BCUT2D eigenvalue weighted by Crippen LogP contribution is 2.19. The molecule has 2 aromatic heterocycles. The highest BCUT2D eigenvalue weighted by atomic mass is 32.2. The van der Waals surface area contributed by atoms with Crippen LogP contribution in [0.3, 0.4) is 0 Å². The zero-order chi connectivity index (χ0) is 15.0. The molecule has 1 atom stereocenters. The standard InChI is InChI=1S/C12H15N3O4S2/c16-11(17)5-10-8-21(18,19)4-2-14(10)6-9-7-15-1-3-20-12(15)13-9/h1,3,7,10H,2,4-6,8H2,(H,16,17). The summed E-state index contributed by atoms with van der Waals surface area (Å²) in [5.41, 5.74) is 0.830. The molecule has 0 radical (unpaired) electrons. The van der Waals surface area contributed by atoms with Crippen molar-refractivity contribution in [2.24, 2.45) is 0 Å². The van der Waals surface area contributed by atoms with E-state index in [0.29, 0.717) is 13.1 Å². The molecule has 0 spiro atoms. The number of thiazole rings is 1. The smallest absolute Gasteiger partial charge is 0.304 e. The van der Waals surface area contributed by atoms with Crippen molar-refractivity contribution in [1.82, 2.24) is 14.3 Å². The van der Waals surface area contributed by atoms with Crippen LogP contribution >= 0.6 is 11.3 Å². The van der Waals surface area contributed by atoms with Crippen LogP contribution in [0.15, 0.2) is 17.8 Å². The van der Waals surface area contributed by atoms with Gasteiger partial charge in [-0.15, -0.1) is 11.3 Å². The van der Waals surface area contributed by atoms with Gasteiger partial charge in [0.15, 0.2) is 14.8 Å². The van der Waals surface area contributed by atoms with Crippen LogP contribution in [0, 0.1) is 0 Å². The number of carboxylic acid groups (broad SMARTS) is 1. The van der Waals surface area contributed by atoms with Gasteiger partial charge in [0.1, 0.15) is 0 Å². The molecule has 0 bridgehead atoms. The number of sulfone groups is 1. The maximum atomic E-state index is 11.7. The first-order chi connectivity index (χ1) is 9.93. The number of hydrogen-bond donors (Lipinski definition) is 1. The van der Waals surface area contributed by atoms with Gasteiger partial charge in [0.25, 0.3) is 0 Å². The fourth-order valence-corrected chi connectivity index (χ4v) is 4.89. The average Bonchev–Trinajstić information content (AvgIpc) is 2.91. The van der Waals surface area contributed by atoms with Crippen LogP contribution in [0.2, 0.25) is 0 Å². The van der Waals surface area contributed by atoms with E-state index in [1.807, 2.05) is 27.1 Å². The topological polar surface area (TPSA) is 92.0 Å². The molecule has 0 saturated carbocycles. The summed E-state index contributed by atoms with van der Waals surface area (Å²) in [6.07, 6.45) is 3.64. The Hall–Kier alpha value is -1.45. The Bertz CT molecular complexity index is 736. The zero-order valence-electron chi connectivity index (χ0n) is 11.2. The summed E-state index contributed by atoms with van der Waals surface area (Å²) in [6.45, 7) is 0.827. The summed E-state index contributed by atoms with van der Waals surface area (Å²) in [5, 5.41) is 10.9. The molecule has 0 amide bonds.